The molecule has 0 radical (unpaired) electrons. The molecule has 6 heterocycles. The largest absolute Gasteiger partial charge is 0.435 e. The number of aromatic nitrogens is 4. The van der Waals surface area contributed by atoms with E-state index in [0.29, 0.717) is 71.3 Å². The van der Waals surface area contributed by atoms with Crippen LogP contribution in [0.25, 0.3) is 22.3 Å². The van der Waals surface area contributed by atoms with Crippen molar-refractivity contribution >= 4 is 34.5 Å². The quantitative estimate of drug-likeness (QED) is 0.0988. The zero-order chi connectivity index (χ0) is 49.1. The third kappa shape index (κ3) is 10.3. The van der Waals surface area contributed by atoms with Gasteiger partial charge >= 0.3 is 12.4 Å². The van der Waals surface area contributed by atoms with Crippen molar-refractivity contribution in [3.8, 4) is 34.4 Å². The molecular formula is C49H45F6N9O2S2. The first kappa shape index (κ1) is 49.1. The van der Waals surface area contributed by atoms with E-state index in [0.717, 1.165) is 20.9 Å². The number of hydrogen-bond acceptors (Lipinski definition) is 9. The number of benzene rings is 2. The Labute approximate surface area is 397 Å². The van der Waals surface area contributed by atoms with E-state index in [1.54, 1.807) is 90.4 Å². The smallest absolute Gasteiger partial charge is 0.333 e. The summed E-state index contributed by atoms with van der Waals surface area (Å²) in [6.07, 6.45) is -1.86. The van der Waals surface area contributed by atoms with E-state index in [4.69, 9.17) is 0 Å². The highest BCUT2D eigenvalue weighted by Crippen LogP contribution is 2.46. The lowest BCUT2D eigenvalue weighted by molar-refractivity contribution is -0.141. The van der Waals surface area contributed by atoms with Gasteiger partial charge < -0.3 is 14.7 Å². The Hall–Kier alpha value is -6.80. The van der Waals surface area contributed by atoms with Crippen molar-refractivity contribution in [2.75, 3.05) is 33.7 Å². The number of hydrogen-bond donors (Lipinski definition) is 0. The summed E-state index contributed by atoms with van der Waals surface area (Å²) < 4.78 is 85.7. The summed E-state index contributed by atoms with van der Waals surface area (Å²) in [6.45, 7) is 9.49. The van der Waals surface area contributed by atoms with E-state index in [-0.39, 0.29) is 41.3 Å². The second kappa shape index (κ2) is 20.2. The number of halogens is 6. The van der Waals surface area contributed by atoms with E-state index < -0.39 is 23.7 Å². The molecule has 2 aliphatic heterocycles. The molecule has 68 heavy (non-hydrogen) atoms. The van der Waals surface area contributed by atoms with Gasteiger partial charge in [0, 0.05) is 83.9 Å². The highest BCUT2D eigenvalue weighted by Gasteiger charge is 2.41. The molecule has 2 aliphatic rings. The number of fused-ring (bicyclic) bond motifs is 2. The lowest BCUT2D eigenvalue weighted by Gasteiger charge is -2.33. The summed E-state index contributed by atoms with van der Waals surface area (Å²) in [6, 6.07) is 21.7. The molecule has 2 aromatic carbocycles. The summed E-state index contributed by atoms with van der Waals surface area (Å²) in [4.78, 5) is 33.4. The van der Waals surface area contributed by atoms with Crippen LogP contribution >= 0.6 is 22.7 Å². The molecule has 0 fully saturated rings. The molecule has 352 valence electrons. The highest BCUT2D eigenvalue weighted by atomic mass is 32.1. The van der Waals surface area contributed by atoms with Crippen LogP contribution in [0.5, 0.6) is 0 Å². The molecule has 0 bridgehead atoms. The Kier molecular flexibility index (Phi) is 14.6. The maximum Gasteiger partial charge on any atom is 0.435 e. The van der Waals surface area contributed by atoms with Gasteiger partial charge in [0.25, 0.3) is 0 Å². The molecule has 0 unspecified atom stereocenters. The number of rotatable bonds is 10. The molecule has 0 saturated carbocycles. The lowest BCUT2D eigenvalue weighted by atomic mass is 9.83. The minimum absolute atomic E-state index is 0.000549. The number of aryl methyl sites for hydroxylation is 2. The summed E-state index contributed by atoms with van der Waals surface area (Å²) in [5.41, 5.74) is 2.02. The van der Waals surface area contributed by atoms with Crippen LogP contribution in [0.3, 0.4) is 0 Å². The monoisotopic (exact) mass is 969 g/mol. The van der Waals surface area contributed by atoms with Gasteiger partial charge in [-0.1, -0.05) is 61.2 Å². The average Bonchev–Trinajstić information content (AvgIpc) is 4.15. The number of alkyl halides is 6. The van der Waals surface area contributed by atoms with Crippen LogP contribution in [0.2, 0.25) is 0 Å². The molecule has 0 spiro atoms. The fourth-order valence-corrected chi connectivity index (χ4v) is 10.6. The Morgan fingerprint density at radius 3 is 1.53 bits per heavy atom. The fourth-order valence-electron chi connectivity index (χ4n) is 8.48. The van der Waals surface area contributed by atoms with Gasteiger partial charge in [0.1, 0.15) is 21.9 Å². The second-order valence-electron chi connectivity index (χ2n) is 16.3. The first-order valence-electron chi connectivity index (χ1n) is 21.4. The molecule has 8 rings (SSSR count). The first-order chi connectivity index (χ1) is 32.4. The van der Waals surface area contributed by atoms with Gasteiger partial charge in [-0.2, -0.15) is 47.1 Å². The van der Waals surface area contributed by atoms with Crippen molar-refractivity contribution in [1.82, 2.24) is 34.3 Å². The third-order valence-electron chi connectivity index (χ3n) is 11.6. The molecule has 0 aliphatic carbocycles. The summed E-state index contributed by atoms with van der Waals surface area (Å²) in [5.74, 6) is -1.21. The van der Waals surface area contributed by atoms with Crippen LogP contribution < -0.4 is 0 Å². The van der Waals surface area contributed by atoms with Gasteiger partial charge in [0.2, 0.25) is 11.8 Å². The van der Waals surface area contributed by atoms with Crippen molar-refractivity contribution in [2.45, 2.75) is 64.2 Å². The molecule has 2 atom stereocenters. The van der Waals surface area contributed by atoms with Crippen LogP contribution in [0.4, 0.5) is 26.3 Å². The van der Waals surface area contributed by atoms with E-state index in [1.165, 1.54) is 56.6 Å². The number of likely N-dealkylation sites (N-methyl/N-ethyl adjacent to an activating group) is 1. The van der Waals surface area contributed by atoms with Crippen LogP contribution in [0, 0.1) is 22.7 Å². The van der Waals surface area contributed by atoms with E-state index in [1.807, 2.05) is 19.0 Å². The number of carbonyl (C=O) groups excluding carboxylic acids is 2. The van der Waals surface area contributed by atoms with Crippen LogP contribution in [0.15, 0.2) is 97.9 Å². The van der Waals surface area contributed by atoms with Crippen LogP contribution in [0.1, 0.15) is 78.8 Å². The molecular weight excluding hydrogens is 925 g/mol. The topological polar surface area (TPSA) is 127 Å². The Bertz CT molecular complexity index is 2960. The molecule has 6 aromatic rings. The number of nitriles is 2. The van der Waals surface area contributed by atoms with Gasteiger partial charge in [-0.15, -0.1) is 22.7 Å². The zero-order valence-electron chi connectivity index (χ0n) is 37.4. The predicted molar refractivity (Wildman–Crippen MR) is 247 cm³/mol. The standard InChI is InChI=1S/C26H26F3N5OS.C23H19F3N4OS/c1-4-34-15-22(25(31-34)26(27,28)29)19-9-6-5-8-18(19)21-14-33(24(35)10-7-11-32(2)3)16-23-20(21)12-17(13-30)36-23;1-3-21(31)29-11-18(17-9-14(10-27)32-20(17)13-29)15-7-5-6-8-16(15)19-12-30(4-2)28-22(19)23(24,25)26/h5-10,12,15,21H,4,11,14,16H2,1-3H3;3,5-9,12,18H,1,4,11,13H2,2H3/b10-7+;/t21-;18-/m00/s1. The molecule has 0 N–H and O–H groups in total. The highest BCUT2D eigenvalue weighted by molar-refractivity contribution is 7.13. The zero-order valence-corrected chi connectivity index (χ0v) is 39.0. The lowest BCUT2D eigenvalue weighted by Crippen LogP contribution is -2.37. The molecule has 11 nitrogen and oxygen atoms in total. The van der Waals surface area contributed by atoms with Crippen LogP contribution in [-0.2, 0) is 48.1 Å². The second-order valence-corrected chi connectivity index (χ2v) is 18.6. The Morgan fingerprint density at radius 1 is 0.721 bits per heavy atom. The van der Waals surface area contributed by atoms with Crippen molar-refractivity contribution in [3.63, 3.8) is 0 Å². The summed E-state index contributed by atoms with van der Waals surface area (Å²) in [7, 11) is 3.81. The predicted octanol–water partition coefficient (Wildman–Crippen LogP) is 10.3. The number of nitrogens with zero attached hydrogens (tertiary/aromatic N) is 9. The fraction of sp³-hybridized carbons (Fsp3) is 0.306. The first-order valence-corrected chi connectivity index (χ1v) is 23.1. The summed E-state index contributed by atoms with van der Waals surface area (Å²) >= 11 is 2.61. The minimum atomic E-state index is -4.61. The van der Waals surface area contributed by atoms with Crippen molar-refractivity contribution in [1.29, 1.82) is 10.5 Å². The van der Waals surface area contributed by atoms with Crippen molar-refractivity contribution in [3.05, 3.63) is 151 Å². The van der Waals surface area contributed by atoms with E-state index in [2.05, 4.69) is 28.9 Å². The Morgan fingerprint density at radius 2 is 1.15 bits per heavy atom. The number of thiophene rings is 2. The van der Waals surface area contributed by atoms with Gasteiger partial charge in [0.05, 0.1) is 13.1 Å². The van der Waals surface area contributed by atoms with Gasteiger partial charge in [-0.25, -0.2) is 0 Å². The minimum Gasteiger partial charge on any atom is -0.333 e. The van der Waals surface area contributed by atoms with Crippen LogP contribution in [-0.4, -0.2) is 79.8 Å². The van der Waals surface area contributed by atoms with E-state index >= 15 is 0 Å². The van der Waals surface area contributed by atoms with E-state index in [9.17, 15) is 46.5 Å². The number of carbonyl (C=O) groups is 2. The normalized spacial score (nSPS) is 15.9. The maximum atomic E-state index is 13.9. The average molecular weight is 970 g/mol. The maximum absolute atomic E-state index is 13.9. The molecule has 0 saturated heterocycles. The van der Waals surface area contributed by atoms with Gasteiger partial charge in [-0.3, -0.25) is 19.0 Å². The molecule has 19 heteroatoms. The third-order valence-corrected chi connectivity index (χ3v) is 13.7. The Balaban J connectivity index is 0.000000203. The number of amides is 2. The van der Waals surface area contributed by atoms with Gasteiger partial charge in [0.15, 0.2) is 11.4 Å². The molecule has 2 amide bonds. The molecule has 4 aromatic heterocycles. The summed E-state index contributed by atoms with van der Waals surface area (Å²) in [5, 5.41) is 26.4. The van der Waals surface area contributed by atoms with Crippen molar-refractivity contribution in [2.24, 2.45) is 0 Å². The van der Waals surface area contributed by atoms with Gasteiger partial charge in [-0.05, 0) is 79.5 Å². The SMILES string of the molecule is C=CC(=O)N1Cc2sc(C#N)cc2[C@H](c2ccccc2-c2cn(CC)nc2C(F)(F)F)C1.CCn1cc(-c2ccccc2[C@@H]2CN(C(=O)/C=C/CN(C)C)Cc3sc(C#N)cc32)c(C(F)(F)F)n1. The van der Waals surface area contributed by atoms with Crippen molar-refractivity contribution < 1.29 is 35.9 Å².